The van der Waals surface area contributed by atoms with Crippen LogP contribution in [-0.2, 0) is 0 Å². The first-order valence-corrected chi connectivity index (χ1v) is 9.11. The maximum absolute atomic E-state index is 10.0. The van der Waals surface area contributed by atoms with Gasteiger partial charge in [0, 0.05) is 24.9 Å². The van der Waals surface area contributed by atoms with E-state index < -0.39 is 11.3 Å². The Morgan fingerprint density at radius 1 is 1.15 bits per heavy atom. The lowest BCUT2D eigenvalue weighted by atomic mass is 9.58. The normalized spacial score (nSPS) is 24.4. The van der Waals surface area contributed by atoms with Crippen LogP contribution in [0.1, 0.15) is 36.8 Å². The number of fused-ring (bicyclic) bond motifs is 1. The number of benzene rings is 1. The fourth-order valence-corrected chi connectivity index (χ4v) is 4.29. The minimum Gasteiger partial charge on any atom is -0.399 e. The molecule has 1 aromatic rings. The standard InChI is InChI=1S/C22H23N5/c1-14(2)15-4-6-16(7-5-15)20-19-11-27(3)9-8-17(19)18(10-23)21(26)22(20,12-24)13-25/h4-8,14,19-20H,9,11,26H2,1-3H3/t19-,20+/m0/s1. The second-order valence-electron chi connectivity index (χ2n) is 7.72. The quantitative estimate of drug-likeness (QED) is 0.876. The molecule has 0 aromatic heterocycles. The fraction of sp³-hybridized carbons (Fsp3) is 0.409. The lowest BCUT2D eigenvalue weighted by Gasteiger charge is -2.45. The van der Waals surface area contributed by atoms with Gasteiger partial charge in [0.25, 0.3) is 0 Å². The minimum atomic E-state index is -1.55. The SMILES string of the molecule is CC(C)c1ccc([C@@H]2[C@H]3CN(C)CC=C3C(C#N)=C(N)C2(C#N)C#N)cc1. The van der Waals surface area contributed by atoms with Gasteiger partial charge in [0.1, 0.15) is 6.07 Å². The Balaban J connectivity index is 2.26. The molecule has 0 unspecified atom stereocenters. The van der Waals surface area contributed by atoms with E-state index in [-0.39, 0.29) is 11.6 Å². The summed E-state index contributed by atoms with van der Waals surface area (Å²) in [4.78, 5) is 2.14. The van der Waals surface area contributed by atoms with Gasteiger partial charge in [-0.2, -0.15) is 15.8 Å². The van der Waals surface area contributed by atoms with E-state index >= 15 is 0 Å². The second kappa shape index (κ2) is 6.92. The Labute approximate surface area is 160 Å². The molecule has 1 aromatic carbocycles. The largest absolute Gasteiger partial charge is 0.399 e. The summed E-state index contributed by atoms with van der Waals surface area (Å²) in [6.45, 7) is 5.64. The minimum absolute atomic E-state index is 0.0833. The van der Waals surface area contributed by atoms with Crippen molar-refractivity contribution in [1.29, 1.82) is 15.8 Å². The van der Waals surface area contributed by atoms with Crippen molar-refractivity contribution in [3.63, 3.8) is 0 Å². The summed E-state index contributed by atoms with van der Waals surface area (Å²) in [5.41, 5.74) is 8.10. The zero-order valence-electron chi connectivity index (χ0n) is 15.9. The average molecular weight is 357 g/mol. The van der Waals surface area contributed by atoms with Crippen LogP contribution >= 0.6 is 0 Å². The highest BCUT2D eigenvalue weighted by atomic mass is 15.1. The maximum Gasteiger partial charge on any atom is 0.191 e. The first-order valence-electron chi connectivity index (χ1n) is 9.11. The Morgan fingerprint density at radius 2 is 1.78 bits per heavy atom. The zero-order valence-corrected chi connectivity index (χ0v) is 15.9. The Bertz CT molecular complexity index is 917. The predicted octanol–water partition coefficient (Wildman–Crippen LogP) is 3.17. The number of hydrogen-bond donors (Lipinski definition) is 1. The molecule has 5 nitrogen and oxygen atoms in total. The summed E-state index contributed by atoms with van der Waals surface area (Å²) in [7, 11) is 2.00. The molecule has 0 saturated heterocycles. The van der Waals surface area contributed by atoms with E-state index in [1.807, 2.05) is 25.3 Å². The highest BCUT2D eigenvalue weighted by molar-refractivity contribution is 5.59. The number of nitrogens with two attached hydrogens (primary N) is 1. The number of hydrogen-bond acceptors (Lipinski definition) is 5. The summed E-state index contributed by atoms with van der Waals surface area (Å²) in [5, 5.41) is 29.7. The molecule has 2 aliphatic rings. The van der Waals surface area contributed by atoms with Crippen molar-refractivity contribution in [2.24, 2.45) is 17.1 Å². The van der Waals surface area contributed by atoms with Crippen LogP contribution in [0.25, 0.3) is 0 Å². The molecule has 27 heavy (non-hydrogen) atoms. The molecule has 0 amide bonds. The van der Waals surface area contributed by atoms with Crippen molar-refractivity contribution in [3.8, 4) is 18.2 Å². The molecule has 0 spiro atoms. The van der Waals surface area contributed by atoms with E-state index in [0.717, 1.165) is 17.7 Å². The molecule has 2 N–H and O–H groups in total. The molecule has 3 rings (SSSR count). The van der Waals surface area contributed by atoms with Gasteiger partial charge in [0.15, 0.2) is 5.41 Å². The van der Waals surface area contributed by atoms with E-state index in [9.17, 15) is 15.8 Å². The van der Waals surface area contributed by atoms with Gasteiger partial charge in [0.05, 0.1) is 23.4 Å². The Morgan fingerprint density at radius 3 is 2.30 bits per heavy atom. The Kier molecular flexibility index (Phi) is 4.79. The molecule has 0 saturated carbocycles. The first-order chi connectivity index (χ1) is 12.9. The van der Waals surface area contributed by atoms with Gasteiger partial charge in [0.2, 0.25) is 0 Å². The van der Waals surface area contributed by atoms with Crippen molar-refractivity contribution in [2.75, 3.05) is 20.1 Å². The summed E-state index contributed by atoms with van der Waals surface area (Å²) in [6, 6.07) is 14.6. The molecule has 1 heterocycles. The van der Waals surface area contributed by atoms with Crippen molar-refractivity contribution in [3.05, 3.63) is 58.3 Å². The number of rotatable bonds is 2. The lowest BCUT2D eigenvalue weighted by Crippen LogP contribution is -2.47. The molecule has 1 aliphatic carbocycles. The third kappa shape index (κ3) is 2.80. The topological polar surface area (TPSA) is 101 Å². The van der Waals surface area contributed by atoms with Crippen molar-refractivity contribution >= 4 is 0 Å². The summed E-state index contributed by atoms with van der Waals surface area (Å²) >= 11 is 0. The van der Waals surface area contributed by atoms with Crippen molar-refractivity contribution in [1.82, 2.24) is 4.90 Å². The predicted molar refractivity (Wildman–Crippen MR) is 103 cm³/mol. The molecular formula is C22H23N5. The second-order valence-corrected chi connectivity index (χ2v) is 7.72. The van der Waals surface area contributed by atoms with Crippen LogP contribution in [0.2, 0.25) is 0 Å². The Hall–Kier alpha value is -3.07. The molecule has 0 bridgehead atoms. The lowest BCUT2D eigenvalue weighted by molar-refractivity contribution is 0.237. The summed E-state index contributed by atoms with van der Waals surface area (Å²) < 4.78 is 0. The zero-order chi connectivity index (χ0) is 19.8. The van der Waals surface area contributed by atoms with Crippen LogP contribution in [0, 0.1) is 45.3 Å². The van der Waals surface area contributed by atoms with Crippen LogP contribution in [-0.4, -0.2) is 25.0 Å². The monoisotopic (exact) mass is 357 g/mol. The van der Waals surface area contributed by atoms with Gasteiger partial charge >= 0.3 is 0 Å². The third-order valence-electron chi connectivity index (χ3n) is 5.81. The number of likely N-dealkylation sites (N-methyl/N-ethyl adjacent to an activating group) is 1. The van der Waals surface area contributed by atoms with Crippen LogP contribution in [0.5, 0.6) is 0 Å². The van der Waals surface area contributed by atoms with Crippen LogP contribution in [0.4, 0.5) is 0 Å². The smallest absolute Gasteiger partial charge is 0.191 e. The number of nitrogens with zero attached hydrogens (tertiary/aromatic N) is 4. The first kappa shape index (κ1) is 18.7. The number of nitriles is 3. The van der Waals surface area contributed by atoms with Gasteiger partial charge in [-0.15, -0.1) is 0 Å². The van der Waals surface area contributed by atoms with Crippen molar-refractivity contribution < 1.29 is 0 Å². The summed E-state index contributed by atoms with van der Waals surface area (Å²) in [6.07, 6.45) is 2.01. The summed E-state index contributed by atoms with van der Waals surface area (Å²) in [5.74, 6) is -0.150. The van der Waals surface area contributed by atoms with Crippen LogP contribution < -0.4 is 5.73 Å². The highest BCUT2D eigenvalue weighted by Gasteiger charge is 2.54. The molecule has 0 fully saturated rings. The van der Waals surface area contributed by atoms with E-state index in [4.69, 9.17) is 5.73 Å². The number of allylic oxidation sites excluding steroid dienone is 2. The van der Waals surface area contributed by atoms with Crippen LogP contribution in [0.3, 0.4) is 0 Å². The van der Waals surface area contributed by atoms with Gasteiger partial charge < -0.3 is 10.6 Å². The molecule has 1 aliphatic heterocycles. The van der Waals surface area contributed by atoms with E-state index in [2.05, 4.69) is 49.1 Å². The van der Waals surface area contributed by atoms with Gasteiger partial charge in [-0.1, -0.05) is 44.2 Å². The van der Waals surface area contributed by atoms with Crippen LogP contribution in [0.15, 0.2) is 47.2 Å². The third-order valence-corrected chi connectivity index (χ3v) is 5.81. The van der Waals surface area contributed by atoms with E-state index in [1.165, 1.54) is 5.56 Å². The van der Waals surface area contributed by atoms with E-state index in [1.54, 1.807) is 0 Å². The molecule has 0 radical (unpaired) electrons. The van der Waals surface area contributed by atoms with Gasteiger partial charge in [-0.05, 0) is 29.7 Å². The van der Waals surface area contributed by atoms with E-state index in [0.29, 0.717) is 18.0 Å². The molecule has 136 valence electrons. The maximum atomic E-state index is 10.0. The molecule has 2 atom stereocenters. The molecular weight excluding hydrogens is 334 g/mol. The van der Waals surface area contributed by atoms with Crippen molar-refractivity contribution in [2.45, 2.75) is 25.7 Å². The fourth-order valence-electron chi connectivity index (χ4n) is 4.29. The average Bonchev–Trinajstić information content (AvgIpc) is 2.67. The molecule has 5 heteroatoms. The van der Waals surface area contributed by atoms with Gasteiger partial charge in [-0.25, -0.2) is 0 Å². The van der Waals surface area contributed by atoms with Gasteiger partial charge in [-0.3, -0.25) is 0 Å². The highest BCUT2D eigenvalue weighted by Crippen LogP contribution is 2.54.